The summed E-state index contributed by atoms with van der Waals surface area (Å²) in [4.78, 5) is 0. The molecule has 88 valence electrons. The number of alkyl halides is 1. The van der Waals surface area contributed by atoms with E-state index in [1.807, 2.05) is 12.1 Å². The van der Waals surface area contributed by atoms with Gasteiger partial charge >= 0.3 is 0 Å². The van der Waals surface area contributed by atoms with E-state index < -0.39 is 0 Å². The Balaban J connectivity index is 1.78. The highest BCUT2D eigenvalue weighted by atomic mass is 35.5. The number of hydrogen-bond acceptors (Lipinski definition) is 1. The smallest absolute Gasteiger partial charge is 0.0451 e. The fraction of sp³-hybridized carbons (Fsp3) is 0.500. The number of halogens is 3. The van der Waals surface area contributed by atoms with Gasteiger partial charge in [-0.05, 0) is 49.1 Å². The fourth-order valence-electron chi connectivity index (χ4n) is 1.91. The predicted octanol–water partition coefficient (Wildman–Crippen LogP) is 4.10. The summed E-state index contributed by atoms with van der Waals surface area (Å²) < 4.78 is 0. The maximum atomic E-state index is 6.06. The van der Waals surface area contributed by atoms with Crippen molar-refractivity contribution in [3.63, 3.8) is 0 Å². The van der Waals surface area contributed by atoms with Gasteiger partial charge in [0.15, 0.2) is 0 Å². The molecule has 0 heterocycles. The average molecular weight is 279 g/mol. The summed E-state index contributed by atoms with van der Waals surface area (Å²) in [6, 6.07) is 5.54. The molecular formula is C12H14Cl3N. The van der Waals surface area contributed by atoms with Crippen LogP contribution in [0.25, 0.3) is 0 Å². The van der Waals surface area contributed by atoms with Crippen LogP contribution in [0.15, 0.2) is 18.2 Å². The molecule has 0 bridgehead atoms. The summed E-state index contributed by atoms with van der Waals surface area (Å²) in [5.74, 6) is 0.723. The summed E-state index contributed by atoms with van der Waals surface area (Å²) >= 11 is 17.9. The first-order valence-corrected chi connectivity index (χ1v) is 6.63. The molecule has 0 radical (unpaired) electrons. The Morgan fingerprint density at radius 2 is 2.00 bits per heavy atom. The van der Waals surface area contributed by atoms with Crippen LogP contribution in [0.2, 0.25) is 10.0 Å². The van der Waals surface area contributed by atoms with Gasteiger partial charge in [0, 0.05) is 22.0 Å². The van der Waals surface area contributed by atoms with Gasteiger partial charge in [-0.15, -0.1) is 11.6 Å². The van der Waals surface area contributed by atoms with Gasteiger partial charge < -0.3 is 5.32 Å². The van der Waals surface area contributed by atoms with Gasteiger partial charge in [-0.3, -0.25) is 0 Å². The highest BCUT2D eigenvalue weighted by Crippen LogP contribution is 2.31. The first kappa shape index (κ1) is 12.5. The molecule has 0 aromatic heterocycles. The van der Waals surface area contributed by atoms with Crippen LogP contribution < -0.4 is 5.32 Å². The van der Waals surface area contributed by atoms with E-state index in [2.05, 4.69) is 5.32 Å². The molecule has 1 aliphatic carbocycles. The Hall–Kier alpha value is 0.0500. The second-order valence-electron chi connectivity index (χ2n) is 4.30. The largest absolute Gasteiger partial charge is 0.312 e. The van der Waals surface area contributed by atoms with E-state index in [9.17, 15) is 0 Å². The number of nitrogens with one attached hydrogen (secondary N) is 1. The van der Waals surface area contributed by atoms with Crippen molar-refractivity contribution in [1.29, 1.82) is 0 Å². The van der Waals surface area contributed by atoms with Crippen molar-refractivity contribution in [2.75, 3.05) is 6.54 Å². The highest BCUT2D eigenvalue weighted by molar-refractivity contribution is 6.33. The van der Waals surface area contributed by atoms with Crippen molar-refractivity contribution < 1.29 is 0 Å². The molecule has 0 atom stereocenters. The van der Waals surface area contributed by atoms with Crippen LogP contribution in [-0.4, -0.2) is 11.9 Å². The molecule has 0 unspecified atom stereocenters. The molecule has 0 spiro atoms. The second kappa shape index (κ2) is 5.59. The third kappa shape index (κ3) is 3.27. The van der Waals surface area contributed by atoms with Crippen LogP contribution in [0.5, 0.6) is 0 Å². The Kier molecular flexibility index (Phi) is 4.37. The molecule has 1 aromatic carbocycles. The van der Waals surface area contributed by atoms with Crippen molar-refractivity contribution in [3.8, 4) is 0 Å². The van der Waals surface area contributed by atoms with Gasteiger partial charge in [0.05, 0.1) is 0 Å². The maximum Gasteiger partial charge on any atom is 0.0451 e. The SMILES string of the molecule is Clc1ccc(Cl)c(CNCC2CC(Cl)C2)c1. The summed E-state index contributed by atoms with van der Waals surface area (Å²) in [5, 5.41) is 5.27. The summed E-state index contributed by atoms with van der Waals surface area (Å²) in [7, 11) is 0. The van der Waals surface area contributed by atoms with E-state index >= 15 is 0 Å². The van der Waals surface area contributed by atoms with Gasteiger partial charge in [0.2, 0.25) is 0 Å². The van der Waals surface area contributed by atoms with Gasteiger partial charge in [-0.25, -0.2) is 0 Å². The van der Waals surface area contributed by atoms with Crippen LogP contribution in [0.4, 0.5) is 0 Å². The molecule has 1 aromatic rings. The first-order chi connectivity index (χ1) is 7.65. The topological polar surface area (TPSA) is 12.0 Å². The van der Waals surface area contributed by atoms with Crippen LogP contribution in [-0.2, 0) is 6.54 Å². The van der Waals surface area contributed by atoms with Crippen molar-refractivity contribution in [2.24, 2.45) is 5.92 Å². The first-order valence-electron chi connectivity index (χ1n) is 5.44. The average Bonchev–Trinajstić information content (AvgIpc) is 2.20. The van der Waals surface area contributed by atoms with E-state index in [1.54, 1.807) is 6.07 Å². The predicted molar refractivity (Wildman–Crippen MR) is 70.5 cm³/mol. The van der Waals surface area contributed by atoms with Crippen molar-refractivity contribution in [3.05, 3.63) is 33.8 Å². The molecule has 1 N–H and O–H groups in total. The zero-order valence-corrected chi connectivity index (χ0v) is 11.1. The fourth-order valence-corrected chi connectivity index (χ4v) is 2.79. The molecule has 1 nitrogen and oxygen atoms in total. The van der Waals surface area contributed by atoms with E-state index in [0.717, 1.165) is 47.5 Å². The molecule has 0 aliphatic heterocycles. The van der Waals surface area contributed by atoms with E-state index in [1.165, 1.54) is 0 Å². The van der Waals surface area contributed by atoms with Crippen LogP contribution in [0.1, 0.15) is 18.4 Å². The van der Waals surface area contributed by atoms with Crippen LogP contribution >= 0.6 is 34.8 Å². The van der Waals surface area contributed by atoms with Gasteiger partial charge in [-0.1, -0.05) is 23.2 Å². The third-order valence-electron chi connectivity index (χ3n) is 2.93. The van der Waals surface area contributed by atoms with E-state index in [0.29, 0.717) is 5.38 Å². The van der Waals surface area contributed by atoms with Crippen LogP contribution in [0.3, 0.4) is 0 Å². The number of rotatable bonds is 4. The maximum absolute atomic E-state index is 6.06. The molecule has 2 rings (SSSR count). The molecule has 1 aliphatic rings. The molecule has 1 saturated carbocycles. The Morgan fingerprint density at radius 3 is 2.69 bits per heavy atom. The number of hydrogen-bond donors (Lipinski definition) is 1. The molecule has 16 heavy (non-hydrogen) atoms. The van der Waals surface area contributed by atoms with Gasteiger partial charge in [0.25, 0.3) is 0 Å². The lowest BCUT2D eigenvalue weighted by Crippen LogP contribution is -2.33. The van der Waals surface area contributed by atoms with Gasteiger partial charge in [0.1, 0.15) is 0 Å². The molecule has 0 saturated heterocycles. The lowest BCUT2D eigenvalue weighted by Gasteiger charge is -2.31. The zero-order valence-electron chi connectivity index (χ0n) is 8.85. The Bertz CT molecular complexity index is 361. The molecule has 0 amide bonds. The lowest BCUT2D eigenvalue weighted by atomic mass is 9.85. The van der Waals surface area contributed by atoms with E-state index in [-0.39, 0.29) is 0 Å². The van der Waals surface area contributed by atoms with Crippen molar-refractivity contribution in [1.82, 2.24) is 5.32 Å². The molecule has 1 fully saturated rings. The summed E-state index contributed by atoms with van der Waals surface area (Å²) in [6.07, 6.45) is 2.25. The van der Waals surface area contributed by atoms with E-state index in [4.69, 9.17) is 34.8 Å². The van der Waals surface area contributed by atoms with Crippen molar-refractivity contribution in [2.45, 2.75) is 24.8 Å². The lowest BCUT2D eigenvalue weighted by molar-refractivity contribution is 0.308. The number of benzene rings is 1. The van der Waals surface area contributed by atoms with Crippen LogP contribution in [0, 0.1) is 5.92 Å². The minimum Gasteiger partial charge on any atom is -0.312 e. The Labute approximate surface area is 111 Å². The third-order valence-corrected chi connectivity index (χ3v) is 3.89. The molecule has 4 heteroatoms. The minimum absolute atomic E-state index is 0.390. The highest BCUT2D eigenvalue weighted by Gasteiger charge is 2.26. The minimum atomic E-state index is 0.390. The summed E-state index contributed by atoms with van der Waals surface area (Å²) in [5.41, 5.74) is 1.05. The molecular weight excluding hydrogens is 264 g/mol. The van der Waals surface area contributed by atoms with Gasteiger partial charge in [-0.2, -0.15) is 0 Å². The standard InChI is InChI=1S/C12H14Cl3N/c13-10-1-2-12(15)9(5-10)7-16-6-8-3-11(14)4-8/h1-2,5,8,11,16H,3-4,6-7H2. The quantitative estimate of drug-likeness (QED) is 0.818. The van der Waals surface area contributed by atoms with Crippen molar-refractivity contribution >= 4 is 34.8 Å². The second-order valence-corrected chi connectivity index (χ2v) is 5.76. The summed E-state index contributed by atoms with van der Waals surface area (Å²) in [6.45, 7) is 1.77. The monoisotopic (exact) mass is 277 g/mol. The normalized spacial score (nSPS) is 24.2. The Morgan fingerprint density at radius 1 is 1.25 bits per heavy atom. The zero-order chi connectivity index (χ0) is 11.5.